The molecule has 1 aliphatic rings. The van der Waals surface area contributed by atoms with Crippen molar-refractivity contribution in [1.29, 1.82) is 0 Å². The maximum Gasteiger partial charge on any atom is 0.204 e. The molecule has 1 heterocycles. The minimum absolute atomic E-state index is 0.174. The number of benzene rings is 1. The van der Waals surface area contributed by atoms with Gasteiger partial charge in [0, 0.05) is 12.6 Å². The van der Waals surface area contributed by atoms with E-state index in [1.165, 1.54) is 19.3 Å². The van der Waals surface area contributed by atoms with Crippen molar-refractivity contribution in [1.82, 2.24) is 9.97 Å². The van der Waals surface area contributed by atoms with E-state index in [2.05, 4.69) is 14.9 Å². The van der Waals surface area contributed by atoms with E-state index >= 15 is 0 Å². The molecule has 0 bridgehead atoms. The van der Waals surface area contributed by atoms with Crippen LogP contribution < -0.4 is 4.90 Å². The lowest BCUT2D eigenvalue weighted by atomic mass is 9.92. The van der Waals surface area contributed by atoms with Gasteiger partial charge in [0.15, 0.2) is 0 Å². The summed E-state index contributed by atoms with van der Waals surface area (Å²) in [6, 6.07) is 8.58. The van der Waals surface area contributed by atoms with E-state index in [0.717, 1.165) is 17.0 Å². The number of H-pyrrole nitrogens is 1. The van der Waals surface area contributed by atoms with E-state index in [-0.39, 0.29) is 6.61 Å². The molecule has 4 nitrogen and oxygen atoms in total. The second-order valence-electron chi connectivity index (χ2n) is 4.58. The van der Waals surface area contributed by atoms with Crippen LogP contribution in [0.25, 0.3) is 11.0 Å². The topological polar surface area (TPSA) is 52.1 Å². The third kappa shape index (κ3) is 1.89. The van der Waals surface area contributed by atoms with Gasteiger partial charge in [-0.05, 0) is 31.4 Å². The van der Waals surface area contributed by atoms with Crippen molar-refractivity contribution >= 4 is 17.0 Å². The number of aliphatic hydroxyl groups excluding tert-OH is 1. The van der Waals surface area contributed by atoms with Gasteiger partial charge in [0.2, 0.25) is 5.95 Å². The van der Waals surface area contributed by atoms with Gasteiger partial charge >= 0.3 is 0 Å². The van der Waals surface area contributed by atoms with Gasteiger partial charge in [-0.2, -0.15) is 0 Å². The highest BCUT2D eigenvalue weighted by Gasteiger charge is 2.26. The second kappa shape index (κ2) is 4.37. The smallest absolute Gasteiger partial charge is 0.204 e. The zero-order valence-corrected chi connectivity index (χ0v) is 9.76. The zero-order chi connectivity index (χ0) is 11.7. The van der Waals surface area contributed by atoms with Gasteiger partial charge < -0.3 is 15.0 Å². The van der Waals surface area contributed by atoms with Gasteiger partial charge in [0.25, 0.3) is 0 Å². The number of aliphatic hydroxyl groups is 1. The summed E-state index contributed by atoms with van der Waals surface area (Å²) in [5, 5.41) is 9.16. The number of rotatable bonds is 4. The van der Waals surface area contributed by atoms with Gasteiger partial charge in [-0.25, -0.2) is 4.98 Å². The van der Waals surface area contributed by atoms with Crippen LogP contribution in [0, 0.1) is 0 Å². The van der Waals surface area contributed by atoms with E-state index in [1.807, 2.05) is 24.3 Å². The van der Waals surface area contributed by atoms with Crippen LogP contribution in [-0.2, 0) is 0 Å². The fraction of sp³-hybridized carbons (Fsp3) is 0.462. The Morgan fingerprint density at radius 2 is 2.18 bits per heavy atom. The largest absolute Gasteiger partial charge is 0.395 e. The van der Waals surface area contributed by atoms with Crippen LogP contribution in [0.5, 0.6) is 0 Å². The number of hydrogen-bond donors (Lipinski definition) is 2. The molecule has 0 unspecified atom stereocenters. The second-order valence-corrected chi connectivity index (χ2v) is 4.58. The van der Waals surface area contributed by atoms with Crippen molar-refractivity contribution in [3.63, 3.8) is 0 Å². The Hall–Kier alpha value is -1.55. The summed E-state index contributed by atoms with van der Waals surface area (Å²) >= 11 is 0. The number of aromatic amines is 1. The van der Waals surface area contributed by atoms with Gasteiger partial charge in [-0.15, -0.1) is 0 Å². The van der Waals surface area contributed by atoms with E-state index in [9.17, 15) is 0 Å². The number of hydrogen-bond acceptors (Lipinski definition) is 3. The first kappa shape index (κ1) is 10.6. The Balaban J connectivity index is 1.93. The molecule has 17 heavy (non-hydrogen) atoms. The maximum absolute atomic E-state index is 9.16. The first-order chi connectivity index (χ1) is 8.38. The third-order valence-corrected chi connectivity index (χ3v) is 3.51. The lowest BCUT2D eigenvalue weighted by Crippen LogP contribution is -2.42. The molecular formula is C13H17N3O. The van der Waals surface area contributed by atoms with Crippen molar-refractivity contribution in [2.24, 2.45) is 0 Å². The fourth-order valence-electron chi connectivity index (χ4n) is 2.34. The number of para-hydroxylation sites is 2. The van der Waals surface area contributed by atoms with Crippen LogP contribution in [-0.4, -0.2) is 34.3 Å². The summed E-state index contributed by atoms with van der Waals surface area (Å²) in [6.45, 7) is 0.831. The Kier molecular flexibility index (Phi) is 2.73. The summed E-state index contributed by atoms with van der Waals surface area (Å²) in [4.78, 5) is 10.1. The highest BCUT2D eigenvalue weighted by Crippen LogP contribution is 2.28. The van der Waals surface area contributed by atoms with Crippen LogP contribution in [0.4, 0.5) is 5.95 Å². The van der Waals surface area contributed by atoms with Crippen LogP contribution in [0.2, 0.25) is 0 Å². The average molecular weight is 231 g/mol. The van der Waals surface area contributed by atoms with Crippen molar-refractivity contribution in [2.75, 3.05) is 18.1 Å². The molecule has 2 aromatic rings. The Labute approximate surface area is 100 Å². The van der Waals surface area contributed by atoms with Crippen molar-refractivity contribution < 1.29 is 5.11 Å². The Morgan fingerprint density at radius 3 is 2.82 bits per heavy atom. The molecule has 1 aliphatic carbocycles. The summed E-state index contributed by atoms with van der Waals surface area (Å²) in [5.74, 6) is 0.893. The highest BCUT2D eigenvalue weighted by molar-refractivity contribution is 5.77. The number of fused-ring (bicyclic) bond motifs is 1. The lowest BCUT2D eigenvalue weighted by Gasteiger charge is -2.37. The molecule has 1 aromatic heterocycles. The van der Waals surface area contributed by atoms with Gasteiger partial charge in [-0.1, -0.05) is 12.1 Å². The van der Waals surface area contributed by atoms with Gasteiger partial charge in [-0.3, -0.25) is 0 Å². The molecule has 0 radical (unpaired) electrons. The van der Waals surface area contributed by atoms with E-state index in [1.54, 1.807) is 0 Å². The third-order valence-electron chi connectivity index (χ3n) is 3.51. The van der Waals surface area contributed by atoms with Crippen LogP contribution in [0.1, 0.15) is 19.3 Å². The van der Waals surface area contributed by atoms with Crippen LogP contribution in [0.15, 0.2) is 24.3 Å². The monoisotopic (exact) mass is 231 g/mol. The average Bonchev–Trinajstić information content (AvgIpc) is 2.69. The van der Waals surface area contributed by atoms with E-state index in [0.29, 0.717) is 12.6 Å². The van der Waals surface area contributed by atoms with E-state index in [4.69, 9.17) is 5.11 Å². The SMILES string of the molecule is OCCN(c1nc2ccccc2[nH]1)C1CCC1. The normalized spacial score (nSPS) is 16.1. The number of aromatic nitrogens is 2. The first-order valence-electron chi connectivity index (χ1n) is 6.21. The molecular weight excluding hydrogens is 214 g/mol. The fourth-order valence-corrected chi connectivity index (χ4v) is 2.34. The minimum Gasteiger partial charge on any atom is -0.395 e. The van der Waals surface area contributed by atoms with Crippen molar-refractivity contribution in [3.05, 3.63) is 24.3 Å². The quantitative estimate of drug-likeness (QED) is 0.845. The minimum atomic E-state index is 0.174. The van der Waals surface area contributed by atoms with E-state index < -0.39 is 0 Å². The molecule has 90 valence electrons. The van der Waals surface area contributed by atoms with Gasteiger partial charge in [0.1, 0.15) is 0 Å². The lowest BCUT2D eigenvalue weighted by molar-refractivity contribution is 0.282. The summed E-state index contributed by atoms with van der Waals surface area (Å²) in [6.07, 6.45) is 3.70. The van der Waals surface area contributed by atoms with Gasteiger partial charge in [0.05, 0.1) is 17.6 Å². The molecule has 0 amide bonds. The summed E-state index contributed by atoms with van der Waals surface area (Å²) in [5.41, 5.74) is 2.05. The highest BCUT2D eigenvalue weighted by atomic mass is 16.3. The standard InChI is InChI=1S/C13H17N3O/c17-9-8-16(10-4-3-5-10)13-14-11-6-1-2-7-12(11)15-13/h1-2,6-7,10,17H,3-5,8-9H2,(H,14,15). The number of anilines is 1. The molecule has 0 spiro atoms. The molecule has 0 saturated heterocycles. The van der Waals surface area contributed by atoms with Crippen LogP contribution >= 0.6 is 0 Å². The molecule has 1 fully saturated rings. The number of nitrogens with one attached hydrogen (secondary N) is 1. The Morgan fingerprint density at radius 1 is 1.35 bits per heavy atom. The first-order valence-corrected chi connectivity index (χ1v) is 6.21. The molecule has 0 aliphatic heterocycles. The summed E-state index contributed by atoms with van der Waals surface area (Å²) < 4.78 is 0. The molecule has 1 saturated carbocycles. The number of nitrogens with zero attached hydrogens (tertiary/aromatic N) is 2. The summed E-state index contributed by atoms with van der Waals surface area (Å²) in [7, 11) is 0. The molecule has 3 rings (SSSR count). The molecule has 0 atom stereocenters. The predicted molar refractivity (Wildman–Crippen MR) is 68.2 cm³/mol. The Bertz CT molecular complexity index is 471. The predicted octanol–water partition coefficient (Wildman–Crippen LogP) is 1.91. The molecule has 4 heteroatoms. The molecule has 1 aromatic carbocycles. The van der Waals surface area contributed by atoms with Crippen LogP contribution in [0.3, 0.4) is 0 Å². The number of imidazole rings is 1. The molecule has 2 N–H and O–H groups in total. The van der Waals surface area contributed by atoms with Crippen molar-refractivity contribution in [2.45, 2.75) is 25.3 Å². The zero-order valence-electron chi connectivity index (χ0n) is 9.76. The maximum atomic E-state index is 9.16. The van der Waals surface area contributed by atoms with Crippen molar-refractivity contribution in [3.8, 4) is 0 Å².